The lowest BCUT2D eigenvalue weighted by Gasteiger charge is -2.18. The normalized spacial score (nSPS) is 12.8. The summed E-state index contributed by atoms with van der Waals surface area (Å²) in [5.74, 6) is -0.961. The second-order valence-electron chi connectivity index (χ2n) is 19.2. The molecule has 0 aliphatic carbocycles. The maximum Gasteiger partial charge on any atom is 0.306 e. The molecule has 0 aliphatic heterocycles. The quantitative estimate of drug-likeness (QED) is 0.0262. The standard InChI is InChI=1S/C64H108O6/c1-4-7-10-13-16-19-22-25-28-30-31-32-33-34-37-39-42-45-48-51-54-57-63(66)69-60-61(59-68-62(65)56-53-50-47-44-41-38-35-27-24-21-18-15-12-9-6-3)70-64(67)58-55-52-49-46-43-40-36-29-26-23-20-17-14-11-8-5-2/h9,12,18,21-22,25,27,29-31,33-36,41,44,61H,4-8,10-11,13-17,19-20,23-24,26,28,32,37-40,42-43,45-60H2,1-3H3/b12-9-,21-18-,25-22-,31-30-,34-33-,35-27-,36-29-,44-41-. The third-order valence-electron chi connectivity index (χ3n) is 12.3. The van der Waals surface area contributed by atoms with Crippen molar-refractivity contribution < 1.29 is 28.6 Å². The molecule has 6 heteroatoms. The van der Waals surface area contributed by atoms with Gasteiger partial charge < -0.3 is 14.2 Å². The van der Waals surface area contributed by atoms with Crippen molar-refractivity contribution in [2.45, 2.75) is 277 Å². The highest BCUT2D eigenvalue weighted by Crippen LogP contribution is 2.14. The van der Waals surface area contributed by atoms with Gasteiger partial charge in [-0.05, 0) is 122 Å². The molecule has 400 valence electrons. The van der Waals surface area contributed by atoms with E-state index in [1.165, 1.54) is 109 Å². The monoisotopic (exact) mass is 973 g/mol. The highest BCUT2D eigenvalue weighted by atomic mass is 16.6. The molecule has 0 saturated heterocycles. The zero-order valence-corrected chi connectivity index (χ0v) is 45.8. The molecule has 0 fully saturated rings. The molecule has 0 N–H and O–H groups in total. The maximum atomic E-state index is 12.9. The number of hydrogen-bond acceptors (Lipinski definition) is 6. The highest BCUT2D eigenvalue weighted by molar-refractivity contribution is 5.71. The van der Waals surface area contributed by atoms with E-state index in [2.05, 4.69) is 118 Å². The molecule has 6 nitrogen and oxygen atoms in total. The van der Waals surface area contributed by atoms with Gasteiger partial charge >= 0.3 is 17.9 Å². The van der Waals surface area contributed by atoms with E-state index in [0.717, 1.165) is 122 Å². The third-order valence-corrected chi connectivity index (χ3v) is 12.3. The first-order valence-corrected chi connectivity index (χ1v) is 29.2. The molecule has 0 saturated carbocycles. The molecule has 1 atom stereocenters. The Kier molecular flexibility index (Phi) is 54.9. The average Bonchev–Trinajstić information content (AvgIpc) is 3.36. The Morgan fingerprint density at radius 3 is 0.914 bits per heavy atom. The number of carbonyl (C=O) groups excluding carboxylic acids is 3. The summed E-state index contributed by atoms with van der Waals surface area (Å²) in [6, 6.07) is 0. The Hall–Kier alpha value is -3.67. The number of ether oxygens (including phenoxy) is 3. The first-order valence-electron chi connectivity index (χ1n) is 29.2. The molecule has 0 rings (SSSR count). The molecule has 0 aromatic rings. The van der Waals surface area contributed by atoms with Crippen LogP contribution < -0.4 is 0 Å². The summed E-state index contributed by atoms with van der Waals surface area (Å²) in [6.07, 6.45) is 76.8. The van der Waals surface area contributed by atoms with E-state index in [9.17, 15) is 14.4 Å². The molecular weight excluding hydrogens is 865 g/mol. The van der Waals surface area contributed by atoms with Gasteiger partial charge in [-0.25, -0.2) is 0 Å². The first-order chi connectivity index (χ1) is 34.5. The number of allylic oxidation sites excluding steroid dienone is 16. The van der Waals surface area contributed by atoms with E-state index in [1.54, 1.807) is 0 Å². The topological polar surface area (TPSA) is 78.9 Å². The van der Waals surface area contributed by atoms with Gasteiger partial charge in [-0.3, -0.25) is 14.4 Å². The second kappa shape index (κ2) is 57.9. The molecule has 0 amide bonds. The van der Waals surface area contributed by atoms with Crippen LogP contribution in [-0.4, -0.2) is 37.2 Å². The summed E-state index contributed by atoms with van der Waals surface area (Å²) in [6.45, 7) is 6.47. The van der Waals surface area contributed by atoms with Crippen molar-refractivity contribution in [2.24, 2.45) is 0 Å². The summed E-state index contributed by atoms with van der Waals surface area (Å²) in [5, 5.41) is 0. The van der Waals surface area contributed by atoms with E-state index < -0.39 is 6.10 Å². The lowest BCUT2D eigenvalue weighted by molar-refractivity contribution is -0.167. The van der Waals surface area contributed by atoms with Crippen LogP contribution in [0.1, 0.15) is 271 Å². The fraction of sp³-hybridized carbons (Fsp3) is 0.703. The SMILES string of the molecule is CC/C=C\C/C=C\C/C=C\C/C=C\CCCCC(=O)OCC(COC(=O)CCCCCCCC/C=C\C/C=C\C/C=C\CCCCCCC)OC(=O)CCCCCCC/C=C\CCCCCCCCC. The molecule has 0 aliphatic rings. The van der Waals surface area contributed by atoms with Gasteiger partial charge in [-0.15, -0.1) is 0 Å². The third kappa shape index (κ3) is 55.3. The smallest absolute Gasteiger partial charge is 0.306 e. The van der Waals surface area contributed by atoms with Gasteiger partial charge in [0.25, 0.3) is 0 Å². The van der Waals surface area contributed by atoms with Gasteiger partial charge in [0.05, 0.1) is 0 Å². The number of esters is 3. The number of unbranched alkanes of at least 4 members (excludes halogenated alkanes) is 25. The van der Waals surface area contributed by atoms with Gasteiger partial charge in [0.15, 0.2) is 6.10 Å². The van der Waals surface area contributed by atoms with E-state index in [0.29, 0.717) is 19.3 Å². The van der Waals surface area contributed by atoms with Crippen molar-refractivity contribution in [3.05, 3.63) is 97.2 Å². The minimum atomic E-state index is -0.806. The maximum absolute atomic E-state index is 12.9. The summed E-state index contributed by atoms with van der Waals surface area (Å²) in [5.41, 5.74) is 0. The van der Waals surface area contributed by atoms with Crippen molar-refractivity contribution in [3.63, 3.8) is 0 Å². The molecule has 0 aromatic carbocycles. The number of rotatable bonds is 52. The average molecular weight is 974 g/mol. The molecule has 0 heterocycles. The lowest BCUT2D eigenvalue weighted by Crippen LogP contribution is -2.30. The van der Waals surface area contributed by atoms with E-state index in [1.807, 2.05) is 0 Å². The van der Waals surface area contributed by atoms with Crippen LogP contribution in [0.25, 0.3) is 0 Å². The zero-order valence-electron chi connectivity index (χ0n) is 45.8. The number of carbonyl (C=O) groups is 3. The molecule has 1 unspecified atom stereocenters. The Balaban J connectivity index is 4.46. The fourth-order valence-corrected chi connectivity index (χ4v) is 7.91. The van der Waals surface area contributed by atoms with Crippen molar-refractivity contribution in [1.29, 1.82) is 0 Å². The Morgan fingerprint density at radius 1 is 0.300 bits per heavy atom. The Labute approximate surface area is 432 Å². The molecule has 70 heavy (non-hydrogen) atoms. The van der Waals surface area contributed by atoms with Gasteiger partial charge in [-0.1, -0.05) is 227 Å². The van der Waals surface area contributed by atoms with E-state index in [4.69, 9.17) is 14.2 Å². The van der Waals surface area contributed by atoms with Crippen LogP contribution in [0.2, 0.25) is 0 Å². The predicted molar refractivity (Wildman–Crippen MR) is 302 cm³/mol. The largest absolute Gasteiger partial charge is 0.462 e. The van der Waals surface area contributed by atoms with Crippen molar-refractivity contribution in [2.75, 3.05) is 13.2 Å². The summed E-state index contributed by atoms with van der Waals surface area (Å²) < 4.78 is 16.8. The second-order valence-corrected chi connectivity index (χ2v) is 19.2. The summed E-state index contributed by atoms with van der Waals surface area (Å²) in [7, 11) is 0. The van der Waals surface area contributed by atoms with Crippen molar-refractivity contribution in [3.8, 4) is 0 Å². The van der Waals surface area contributed by atoms with Crippen LogP contribution in [0.5, 0.6) is 0 Å². The van der Waals surface area contributed by atoms with Crippen molar-refractivity contribution >= 4 is 17.9 Å². The van der Waals surface area contributed by atoms with E-state index >= 15 is 0 Å². The van der Waals surface area contributed by atoms with E-state index in [-0.39, 0.29) is 31.1 Å². The Bertz CT molecular complexity index is 1400. The lowest BCUT2D eigenvalue weighted by atomic mass is 10.1. The van der Waals surface area contributed by atoms with Gasteiger partial charge in [0, 0.05) is 19.3 Å². The zero-order chi connectivity index (χ0) is 50.7. The predicted octanol–water partition coefficient (Wildman–Crippen LogP) is 19.7. The first kappa shape index (κ1) is 66.3. The minimum absolute atomic E-state index is 0.101. The summed E-state index contributed by atoms with van der Waals surface area (Å²) in [4.78, 5) is 38.2. The molecule has 0 bridgehead atoms. The van der Waals surface area contributed by atoms with Crippen LogP contribution >= 0.6 is 0 Å². The highest BCUT2D eigenvalue weighted by Gasteiger charge is 2.19. The minimum Gasteiger partial charge on any atom is -0.462 e. The fourth-order valence-electron chi connectivity index (χ4n) is 7.91. The van der Waals surface area contributed by atoms with Gasteiger partial charge in [0.2, 0.25) is 0 Å². The van der Waals surface area contributed by atoms with Crippen LogP contribution in [-0.2, 0) is 28.6 Å². The Morgan fingerprint density at radius 2 is 0.557 bits per heavy atom. The van der Waals surface area contributed by atoms with Crippen LogP contribution in [0.15, 0.2) is 97.2 Å². The molecule has 0 aromatic heterocycles. The summed E-state index contributed by atoms with van der Waals surface area (Å²) >= 11 is 0. The number of hydrogen-bond donors (Lipinski definition) is 0. The molecule has 0 radical (unpaired) electrons. The van der Waals surface area contributed by atoms with Crippen LogP contribution in [0.4, 0.5) is 0 Å². The van der Waals surface area contributed by atoms with Crippen molar-refractivity contribution in [1.82, 2.24) is 0 Å². The van der Waals surface area contributed by atoms with Crippen LogP contribution in [0, 0.1) is 0 Å². The molecular formula is C64H108O6. The van der Waals surface area contributed by atoms with Crippen LogP contribution in [0.3, 0.4) is 0 Å². The van der Waals surface area contributed by atoms with Gasteiger partial charge in [-0.2, -0.15) is 0 Å². The van der Waals surface area contributed by atoms with Gasteiger partial charge in [0.1, 0.15) is 13.2 Å². The molecule has 0 spiro atoms.